The van der Waals surface area contributed by atoms with Gasteiger partial charge in [0.05, 0.1) is 11.5 Å². The second kappa shape index (κ2) is 6.83. The van der Waals surface area contributed by atoms with Crippen LogP contribution in [-0.2, 0) is 10.0 Å². The van der Waals surface area contributed by atoms with Gasteiger partial charge >= 0.3 is 0 Å². The van der Waals surface area contributed by atoms with E-state index >= 15 is 0 Å². The van der Waals surface area contributed by atoms with Gasteiger partial charge < -0.3 is 10.4 Å². The summed E-state index contributed by atoms with van der Waals surface area (Å²) < 4.78 is 40.0. The van der Waals surface area contributed by atoms with Crippen LogP contribution in [0.15, 0.2) is 23.1 Å². The first-order valence-electron chi connectivity index (χ1n) is 7.05. The van der Waals surface area contributed by atoms with Crippen molar-refractivity contribution in [1.29, 1.82) is 0 Å². The monoisotopic (exact) mass is 316 g/mol. The Morgan fingerprint density at radius 1 is 1.48 bits per heavy atom. The van der Waals surface area contributed by atoms with Gasteiger partial charge in [0.1, 0.15) is 5.82 Å². The Kier molecular flexibility index (Phi) is 5.32. The van der Waals surface area contributed by atoms with Gasteiger partial charge in [0.15, 0.2) is 0 Å². The quantitative estimate of drug-likeness (QED) is 0.817. The van der Waals surface area contributed by atoms with E-state index in [-0.39, 0.29) is 24.1 Å². The molecule has 0 saturated carbocycles. The summed E-state index contributed by atoms with van der Waals surface area (Å²) >= 11 is 0. The maximum atomic E-state index is 13.6. The highest BCUT2D eigenvalue weighted by Crippen LogP contribution is 2.20. The van der Waals surface area contributed by atoms with Crippen molar-refractivity contribution >= 4 is 10.0 Å². The first kappa shape index (κ1) is 16.4. The lowest BCUT2D eigenvalue weighted by molar-refractivity contribution is 0.246. The van der Waals surface area contributed by atoms with Crippen molar-refractivity contribution in [2.45, 2.75) is 30.7 Å². The molecule has 0 radical (unpaired) electrons. The first-order valence-corrected chi connectivity index (χ1v) is 8.49. The molecule has 1 aromatic rings. The molecule has 1 aliphatic rings. The number of aliphatic hydroxyl groups is 1. The highest BCUT2D eigenvalue weighted by Gasteiger charge is 2.28. The summed E-state index contributed by atoms with van der Waals surface area (Å²) in [5.74, 6) is -0.543. The van der Waals surface area contributed by atoms with Crippen LogP contribution >= 0.6 is 0 Å². The molecule has 1 aliphatic heterocycles. The van der Waals surface area contributed by atoms with Gasteiger partial charge in [0.2, 0.25) is 10.0 Å². The van der Waals surface area contributed by atoms with Crippen LogP contribution in [0.2, 0.25) is 0 Å². The molecule has 1 atom stereocenters. The van der Waals surface area contributed by atoms with Crippen molar-refractivity contribution in [2.24, 2.45) is 0 Å². The van der Waals surface area contributed by atoms with Crippen LogP contribution in [0.25, 0.3) is 0 Å². The molecule has 2 rings (SSSR count). The zero-order valence-corrected chi connectivity index (χ0v) is 12.9. The van der Waals surface area contributed by atoms with Crippen LogP contribution < -0.4 is 5.32 Å². The van der Waals surface area contributed by atoms with Gasteiger partial charge in [0.25, 0.3) is 0 Å². The van der Waals surface area contributed by atoms with Crippen LogP contribution in [0.1, 0.15) is 18.4 Å². The zero-order chi connectivity index (χ0) is 15.5. The van der Waals surface area contributed by atoms with Gasteiger partial charge in [0, 0.05) is 19.1 Å². The first-order chi connectivity index (χ1) is 9.95. The number of hydrogen-bond acceptors (Lipinski definition) is 4. The maximum absolute atomic E-state index is 13.6. The number of hydrogen-bond donors (Lipinski definition) is 2. The molecule has 2 N–H and O–H groups in total. The van der Waals surface area contributed by atoms with Crippen molar-refractivity contribution in [3.05, 3.63) is 29.6 Å². The Labute approximate surface area is 124 Å². The van der Waals surface area contributed by atoms with E-state index in [0.29, 0.717) is 12.1 Å². The normalized spacial score (nSPS) is 19.3. The van der Waals surface area contributed by atoms with Gasteiger partial charge in [-0.05, 0) is 44.0 Å². The summed E-state index contributed by atoms with van der Waals surface area (Å²) in [6, 6.07) is 3.98. The van der Waals surface area contributed by atoms with Crippen molar-refractivity contribution in [3.8, 4) is 0 Å². The van der Waals surface area contributed by atoms with E-state index in [1.165, 1.54) is 16.4 Å². The van der Waals surface area contributed by atoms with Crippen LogP contribution in [0.4, 0.5) is 4.39 Å². The lowest BCUT2D eigenvalue weighted by atomic mass is 10.2. The molecule has 5 nitrogen and oxygen atoms in total. The lowest BCUT2D eigenvalue weighted by Gasteiger charge is -2.24. The molecule has 1 fully saturated rings. The largest absolute Gasteiger partial charge is 0.395 e. The van der Waals surface area contributed by atoms with E-state index in [4.69, 9.17) is 5.11 Å². The summed E-state index contributed by atoms with van der Waals surface area (Å²) in [6.45, 7) is 2.49. The molecule has 1 unspecified atom stereocenters. The molecule has 118 valence electrons. The van der Waals surface area contributed by atoms with Crippen molar-refractivity contribution < 1.29 is 17.9 Å². The van der Waals surface area contributed by atoms with Gasteiger partial charge in [-0.1, -0.05) is 6.07 Å². The van der Waals surface area contributed by atoms with Gasteiger partial charge in [-0.15, -0.1) is 0 Å². The van der Waals surface area contributed by atoms with Crippen molar-refractivity contribution in [2.75, 3.05) is 26.2 Å². The highest BCUT2D eigenvalue weighted by atomic mass is 32.2. The molecular weight excluding hydrogens is 295 g/mol. The summed E-state index contributed by atoms with van der Waals surface area (Å²) in [6.07, 6.45) is 1.91. The fourth-order valence-electron chi connectivity index (χ4n) is 2.46. The summed E-state index contributed by atoms with van der Waals surface area (Å²) in [4.78, 5) is -0.0722. The number of aryl methyl sites for hydroxylation is 1. The smallest absolute Gasteiger partial charge is 0.243 e. The predicted octanol–water partition coefficient (Wildman–Crippen LogP) is 0.869. The van der Waals surface area contributed by atoms with E-state index in [1.807, 2.05) is 0 Å². The molecule has 0 bridgehead atoms. The topological polar surface area (TPSA) is 69.6 Å². The Bertz CT molecular complexity index is 586. The summed E-state index contributed by atoms with van der Waals surface area (Å²) in [5, 5.41) is 12.3. The summed E-state index contributed by atoms with van der Waals surface area (Å²) in [5.41, 5.74) is 0.403. The van der Waals surface area contributed by atoms with E-state index in [9.17, 15) is 12.8 Å². The third kappa shape index (κ3) is 3.79. The van der Waals surface area contributed by atoms with Crippen LogP contribution in [-0.4, -0.2) is 50.1 Å². The molecule has 1 aromatic carbocycles. The van der Waals surface area contributed by atoms with E-state index in [1.54, 1.807) is 6.92 Å². The Balaban J connectivity index is 2.25. The standard InChI is InChI=1S/C14H21FN2O3S/c1-11-4-5-13(9-14(11)15)21(19,20)17(7-8-18)10-12-3-2-6-16-12/h4-5,9,12,16,18H,2-3,6-8,10H2,1H3. The minimum Gasteiger partial charge on any atom is -0.395 e. The Morgan fingerprint density at radius 3 is 2.81 bits per heavy atom. The fraction of sp³-hybridized carbons (Fsp3) is 0.571. The molecule has 21 heavy (non-hydrogen) atoms. The number of aliphatic hydroxyl groups excluding tert-OH is 1. The Hall–Kier alpha value is -1.02. The molecule has 1 saturated heterocycles. The average molecular weight is 316 g/mol. The van der Waals surface area contributed by atoms with Crippen molar-refractivity contribution in [3.63, 3.8) is 0 Å². The molecular formula is C14H21FN2O3S. The van der Waals surface area contributed by atoms with Crippen molar-refractivity contribution in [1.82, 2.24) is 9.62 Å². The molecule has 1 heterocycles. The third-order valence-electron chi connectivity index (χ3n) is 3.72. The molecule has 0 spiro atoms. The van der Waals surface area contributed by atoms with Crippen LogP contribution in [0.3, 0.4) is 0 Å². The fourth-order valence-corrected chi connectivity index (χ4v) is 3.95. The van der Waals surface area contributed by atoms with E-state index < -0.39 is 15.8 Å². The highest BCUT2D eigenvalue weighted by molar-refractivity contribution is 7.89. The molecule has 0 aromatic heterocycles. The van der Waals surface area contributed by atoms with Gasteiger partial charge in [-0.3, -0.25) is 0 Å². The van der Waals surface area contributed by atoms with E-state index in [2.05, 4.69) is 5.32 Å². The maximum Gasteiger partial charge on any atom is 0.243 e. The van der Waals surface area contributed by atoms with Crippen LogP contribution in [0.5, 0.6) is 0 Å². The minimum atomic E-state index is -3.80. The predicted molar refractivity (Wildman–Crippen MR) is 78.0 cm³/mol. The van der Waals surface area contributed by atoms with Gasteiger partial charge in [-0.25, -0.2) is 12.8 Å². The molecule has 7 heteroatoms. The number of halogens is 1. The Morgan fingerprint density at radius 2 is 2.24 bits per heavy atom. The van der Waals surface area contributed by atoms with Gasteiger partial charge in [-0.2, -0.15) is 4.31 Å². The molecule has 0 amide bonds. The average Bonchev–Trinajstić information content (AvgIpc) is 2.94. The number of nitrogens with zero attached hydrogens (tertiary/aromatic N) is 1. The zero-order valence-electron chi connectivity index (χ0n) is 12.0. The molecule has 0 aliphatic carbocycles. The lowest BCUT2D eigenvalue weighted by Crippen LogP contribution is -2.42. The van der Waals surface area contributed by atoms with Crippen LogP contribution in [0, 0.1) is 12.7 Å². The number of sulfonamides is 1. The third-order valence-corrected chi connectivity index (χ3v) is 5.58. The summed E-state index contributed by atoms with van der Waals surface area (Å²) in [7, 11) is -3.80. The second-order valence-corrected chi connectivity index (χ2v) is 7.23. The number of rotatable bonds is 6. The van der Waals surface area contributed by atoms with E-state index in [0.717, 1.165) is 25.5 Å². The number of nitrogens with one attached hydrogen (secondary N) is 1. The SMILES string of the molecule is Cc1ccc(S(=O)(=O)N(CCO)CC2CCCN2)cc1F. The minimum absolute atomic E-state index is 0.00993. The number of benzene rings is 1. The second-order valence-electron chi connectivity index (χ2n) is 5.29.